The zero-order chi connectivity index (χ0) is 37.6. The van der Waals surface area contributed by atoms with Gasteiger partial charge < -0.3 is 0 Å². The molecule has 282 valence electrons. The van der Waals surface area contributed by atoms with E-state index >= 15 is 0 Å². The fourth-order valence-electron chi connectivity index (χ4n) is 4.69. The molecule has 0 spiro atoms. The van der Waals surface area contributed by atoms with E-state index in [9.17, 15) is 25.2 Å². The maximum atomic E-state index is 9.87. The van der Waals surface area contributed by atoms with Crippen LogP contribution < -0.4 is 0 Å². The van der Waals surface area contributed by atoms with Gasteiger partial charge in [0.25, 0.3) is 0 Å². The second-order valence-electron chi connectivity index (χ2n) is 11.1. The summed E-state index contributed by atoms with van der Waals surface area (Å²) in [6.45, 7) is 0. The molecule has 8 rings (SSSR count). The first kappa shape index (κ1) is 44.5. The van der Waals surface area contributed by atoms with Crippen molar-refractivity contribution >= 4 is 7.81 Å². The maximum Gasteiger partial charge on any atom is 2.00 e. The zero-order valence-corrected chi connectivity index (χ0v) is 32.2. The summed E-state index contributed by atoms with van der Waals surface area (Å²) >= 11 is 0. The van der Waals surface area contributed by atoms with Gasteiger partial charge in [-0.25, -0.2) is 23.6 Å². The largest absolute Gasteiger partial charge is 2.00 e. The van der Waals surface area contributed by atoms with Crippen molar-refractivity contribution in [2.45, 2.75) is 0 Å². The van der Waals surface area contributed by atoms with E-state index in [4.69, 9.17) is 0 Å². The molecule has 5 heterocycles. The van der Waals surface area contributed by atoms with Crippen molar-refractivity contribution in [1.82, 2.24) is 24.9 Å². The molecule has 2 aromatic carbocycles. The standard InChI is InChI=1S/C21H14N2.C15H11N3.C5H5.F6P.Fe.Ru/c1-2-8-16(7-1)17-13-18(20-9-3-5-11-22-20)15-19(14-17)21-10-4-6-12-23-21;1-3-10-16-12(6-1)14-8-5-9-15(18-14)13-7-2-4-11-17-13;1-2-4-5-3-1;1-7(2,3,4,5)6;;/h1-14H;1-11H;1-5H;;;/q-2;;2*-1;2*+2. The van der Waals surface area contributed by atoms with E-state index < -0.39 is 7.81 Å². The second kappa shape index (κ2) is 19.6. The molecule has 14 heteroatoms. The van der Waals surface area contributed by atoms with Gasteiger partial charge in [0.1, 0.15) is 0 Å². The van der Waals surface area contributed by atoms with E-state index in [1.165, 1.54) is 5.56 Å². The van der Waals surface area contributed by atoms with Crippen molar-refractivity contribution in [2.75, 3.05) is 0 Å². The van der Waals surface area contributed by atoms with E-state index in [0.29, 0.717) is 0 Å². The molecule has 0 bridgehead atoms. The molecule has 55 heavy (non-hydrogen) atoms. The summed E-state index contributed by atoms with van der Waals surface area (Å²) in [7, 11) is -10.7. The van der Waals surface area contributed by atoms with Gasteiger partial charge in [-0.3, -0.25) is 19.9 Å². The molecule has 1 aliphatic rings. The molecule has 0 aliphatic heterocycles. The van der Waals surface area contributed by atoms with Crippen molar-refractivity contribution in [3.05, 3.63) is 190 Å². The summed E-state index contributed by atoms with van der Waals surface area (Å²) in [5, 5.41) is 0. The van der Waals surface area contributed by atoms with Crippen molar-refractivity contribution in [2.24, 2.45) is 0 Å². The molecule has 0 saturated heterocycles. The van der Waals surface area contributed by atoms with Crippen LogP contribution in [0.2, 0.25) is 0 Å². The number of pyridine rings is 5. The molecule has 0 amide bonds. The smallest absolute Gasteiger partial charge is 0.295 e. The molecule has 0 N–H and O–H groups in total. The Morgan fingerprint density at radius 1 is 0.527 bits per heavy atom. The van der Waals surface area contributed by atoms with Crippen LogP contribution in [0.3, 0.4) is 0 Å². The molecule has 5 aromatic heterocycles. The molecule has 7 aromatic rings. The topological polar surface area (TPSA) is 64.5 Å². The van der Waals surface area contributed by atoms with Crippen LogP contribution in [0.4, 0.5) is 25.2 Å². The van der Waals surface area contributed by atoms with Gasteiger partial charge >= 0.3 is 69.5 Å². The molecule has 1 aliphatic carbocycles. The molecular weight excluding hydrogens is 864 g/mol. The Kier molecular flexibility index (Phi) is 15.9. The second-order valence-corrected chi connectivity index (χ2v) is 13.0. The van der Waals surface area contributed by atoms with Gasteiger partial charge in [-0.1, -0.05) is 59.2 Å². The minimum absolute atomic E-state index is 0. The third kappa shape index (κ3) is 16.5. The van der Waals surface area contributed by atoms with E-state index in [0.717, 1.165) is 50.9 Å². The van der Waals surface area contributed by atoms with Crippen LogP contribution in [-0.2, 0) is 36.5 Å². The number of benzene rings is 1. The van der Waals surface area contributed by atoms with Crippen molar-refractivity contribution in [3.8, 4) is 56.4 Å². The van der Waals surface area contributed by atoms with Crippen LogP contribution in [-0.4, -0.2) is 24.9 Å². The van der Waals surface area contributed by atoms with Gasteiger partial charge in [-0.2, -0.15) is 12.1 Å². The van der Waals surface area contributed by atoms with Crippen LogP contribution in [0.25, 0.3) is 56.4 Å². The van der Waals surface area contributed by atoms with Gasteiger partial charge in [-0.15, -0.1) is 48.7 Å². The number of hydrogen-bond acceptors (Lipinski definition) is 5. The Bertz CT molecular complexity index is 2070. The zero-order valence-electron chi connectivity index (χ0n) is 28.5. The third-order valence-electron chi connectivity index (χ3n) is 6.91. The van der Waals surface area contributed by atoms with Crippen LogP contribution in [0.1, 0.15) is 0 Å². The molecular formula is C41H30F6FeN5PRu. The van der Waals surface area contributed by atoms with Crippen LogP contribution in [0.5, 0.6) is 0 Å². The molecule has 0 fully saturated rings. The van der Waals surface area contributed by atoms with Gasteiger partial charge in [0.05, 0.1) is 22.8 Å². The molecule has 0 saturated carbocycles. The van der Waals surface area contributed by atoms with Crippen molar-refractivity contribution in [1.29, 1.82) is 0 Å². The quantitative estimate of drug-likeness (QED) is 0.0745. The summed E-state index contributed by atoms with van der Waals surface area (Å²) in [4.78, 5) is 22.1. The van der Waals surface area contributed by atoms with Crippen molar-refractivity contribution < 1.29 is 61.7 Å². The Morgan fingerprint density at radius 2 is 0.927 bits per heavy atom. The molecule has 5 nitrogen and oxygen atoms in total. The number of hydrogen-bond donors (Lipinski definition) is 0. The Hall–Kier alpha value is -4.92. The van der Waals surface area contributed by atoms with E-state index in [2.05, 4.69) is 55.3 Å². The summed E-state index contributed by atoms with van der Waals surface area (Å²) in [6, 6.07) is 45.3. The summed E-state index contributed by atoms with van der Waals surface area (Å²) in [6.07, 6.45) is 17.1. The predicted octanol–water partition coefficient (Wildman–Crippen LogP) is 12.7. The number of rotatable bonds is 5. The minimum atomic E-state index is -10.7. The summed E-state index contributed by atoms with van der Waals surface area (Å²) in [5.74, 6) is 0. The van der Waals surface area contributed by atoms with Crippen LogP contribution in [0, 0.1) is 25.3 Å². The number of aromatic nitrogens is 5. The van der Waals surface area contributed by atoms with E-state index in [1.807, 2.05) is 135 Å². The van der Waals surface area contributed by atoms with Crippen LogP contribution in [0.15, 0.2) is 164 Å². The maximum absolute atomic E-state index is 10.7. The van der Waals surface area contributed by atoms with Gasteiger partial charge in [0.15, 0.2) is 0 Å². The molecule has 0 unspecified atom stereocenters. The SMILES string of the molecule is F[P-](F)(F)(F)(F)F.[CH]1[CH][CH-]C=C1.[Fe+2].[Ru+2].[c-]1c(-c2ccccn2)cc(-[c-]2cccc2)cc1-c1ccccn1.c1ccc(-c2cccc(-c3ccccn3)n2)nc1. The minimum Gasteiger partial charge on any atom is -0.295 e. The van der Waals surface area contributed by atoms with Crippen molar-refractivity contribution in [3.63, 3.8) is 0 Å². The monoisotopic (exact) mass is 895 g/mol. The summed E-state index contributed by atoms with van der Waals surface area (Å²) in [5.41, 5.74) is 9.58. The number of allylic oxidation sites excluding steroid dienone is 2. The molecule has 2 radical (unpaired) electrons. The van der Waals surface area contributed by atoms with E-state index in [-0.39, 0.29) is 36.5 Å². The fraction of sp³-hybridized carbons (Fsp3) is 0. The first-order valence-electron chi connectivity index (χ1n) is 15.9. The number of nitrogens with zero attached hydrogens (tertiary/aromatic N) is 5. The van der Waals surface area contributed by atoms with Gasteiger partial charge in [-0.05, 0) is 48.5 Å². The number of halogens is 6. The Morgan fingerprint density at radius 3 is 1.25 bits per heavy atom. The first-order chi connectivity index (χ1) is 25.3. The predicted molar refractivity (Wildman–Crippen MR) is 199 cm³/mol. The average Bonchev–Trinajstić information content (AvgIpc) is 3.94. The molecule has 0 atom stereocenters. The van der Waals surface area contributed by atoms with Gasteiger partial charge in [0, 0.05) is 36.2 Å². The first-order valence-corrected chi connectivity index (χ1v) is 18.0. The average molecular weight is 895 g/mol. The normalized spacial score (nSPS) is 12.5. The Labute approximate surface area is 338 Å². The fourth-order valence-corrected chi connectivity index (χ4v) is 4.69. The van der Waals surface area contributed by atoms with E-state index in [1.54, 1.807) is 24.8 Å². The Balaban J connectivity index is 0.000000225. The van der Waals surface area contributed by atoms with Crippen LogP contribution >= 0.6 is 7.81 Å². The van der Waals surface area contributed by atoms with Gasteiger partial charge in [0.2, 0.25) is 0 Å². The third-order valence-corrected chi connectivity index (χ3v) is 6.91. The summed E-state index contributed by atoms with van der Waals surface area (Å²) < 4.78 is 59.2.